The summed E-state index contributed by atoms with van der Waals surface area (Å²) in [5.41, 5.74) is 7.51. The third-order valence-electron chi connectivity index (χ3n) is 2.95. The van der Waals surface area contributed by atoms with Gasteiger partial charge in [0.25, 0.3) is 0 Å². The number of carbonyl (C=O) groups excluding carboxylic acids is 1. The Morgan fingerprint density at radius 1 is 1.29 bits per heavy atom. The monoisotopic (exact) mass is 326 g/mol. The highest BCUT2D eigenvalue weighted by Crippen LogP contribution is 2.23. The SMILES string of the molecule is CCCn1cc(N)cc1C(=O)OCc1ccc(Cl)c(Cl)c1. The van der Waals surface area contributed by atoms with E-state index in [-0.39, 0.29) is 6.61 Å². The molecule has 2 rings (SSSR count). The Labute approximate surface area is 133 Å². The molecule has 1 heterocycles. The van der Waals surface area contributed by atoms with Crippen LogP contribution >= 0.6 is 23.2 Å². The number of esters is 1. The van der Waals surface area contributed by atoms with E-state index in [4.69, 9.17) is 33.7 Å². The molecule has 0 bridgehead atoms. The summed E-state index contributed by atoms with van der Waals surface area (Å²) in [5.74, 6) is -0.411. The van der Waals surface area contributed by atoms with Gasteiger partial charge in [0.15, 0.2) is 0 Å². The summed E-state index contributed by atoms with van der Waals surface area (Å²) in [6.07, 6.45) is 2.64. The summed E-state index contributed by atoms with van der Waals surface area (Å²) in [4.78, 5) is 12.1. The third kappa shape index (κ3) is 3.93. The number of halogens is 2. The molecule has 1 aromatic carbocycles. The van der Waals surface area contributed by atoms with Gasteiger partial charge >= 0.3 is 5.97 Å². The van der Waals surface area contributed by atoms with Gasteiger partial charge in [-0.15, -0.1) is 0 Å². The number of benzene rings is 1. The number of nitrogens with zero attached hydrogens (tertiary/aromatic N) is 1. The van der Waals surface area contributed by atoms with Crippen molar-refractivity contribution < 1.29 is 9.53 Å². The van der Waals surface area contributed by atoms with Gasteiger partial charge in [0.1, 0.15) is 12.3 Å². The van der Waals surface area contributed by atoms with Crippen molar-refractivity contribution >= 4 is 34.9 Å². The maximum absolute atomic E-state index is 12.1. The van der Waals surface area contributed by atoms with Crippen molar-refractivity contribution in [1.29, 1.82) is 0 Å². The lowest BCUT2D eigenvalue weighted by molar-refractivity contribution is 0.0460. The maximum atomic E-state index is 12.1. The van der Waals surface area contributed by atoms with E-state index < -0.39 is 5.97 Å². The van der Waals surface area contributed by atoms with Gasteiger partial charge in [0, 0.05) is 12.7 Å². The number of hydrogen-bond acceptors (Lipinski definition) is 3. The van der Waals surface area contributed by atoms with Gasteiger partial charge in [-0.2, -0.15) is 0 Å². The topological polar surface area (TPSA) is 57.2 Å². The summed E-state index contributed by atoms with van der Waals surface area (Å²) in [5, 5.41) is 0.903. The second-order valence-corrected chi connectivity index (χ2v) is 5.49. The molecule has 0 atom stereocenters. The van der Waals surface area contributed by atoms with Crippen molar-refractivity contribution in [2.24, 2.45) is 0 Å². The predicted octanol–water partition coefficient (Wildman–Crippen LogP) is 4.14. The Morgan fingerprint density at radius 3 is 2.71 bits per heavy atom. The first kappa shape index (κ1) is 15.7. The van der Waals surface area contributed by atoms with E-state index in [1.165, 1.54) is 0 Å². The molecular weight excluding hydrogens is 311 g/mol. The van der Waals surface area contributed by atoms with Crippen molar-refractivity contribution in [3.05, 3.63) is 51.8 Å². The molecular formula is C15H16Cl2N2O2. The number of nitrogen functional groups attached to an aromatic ring is 1. The Morgan fingerprint density at radius 2 is 2.05 bits per heavy atom. The number of nitrogens with two attached hydrogens (primary N) is 1. The molecule has 0 fully saturated rings. The Bertz CT molecular complexity index is 653. The molecule has 21 heavy (non-hydrogen) atoms. The number of carbonyl (C=O) groups is 1. The van der Waals surface area contributed by atoms with E-state index in [9.17, 15) is 4.79 Å². The van der Waals surface area contributed by atoms with Crippen LogP contribution in [0.15, 0.2) is 30.5 Å². The van der Waals surface area contributed by atoms with E-state index in [1.807, 2.05) is 6.92 Å². The molecule has 0 aliphatic rings. The van der Waals surface area contributed by atoms with Crippen LogP contribution in [0.5, 0.6) is 0 Å². The molecule has 2 aromatic rings. The van der Waals surface area contributed by atoms with Crippen molar-refractivity contribution in [1.82, 2.24) is 4.57 Å². The zero-order chi connectivity index (χ0) is 15.4. The van der Waals surface area contributed by atoms with Gasteiger partial charge in [0.2, 0.25) is 0 Å². The molecule has 0 aliphatic carbocycles. The molecule has 112 valence electrons. The van der Waals surface area contributed by atoms with Crippen molar-refractivity contribution in [2.45, 2.75) is 26.5 Å². The number of hydrogen-bond donors (Lipinski definition) is 1. The minimum atomic E-state index is -0.411. The van der Waals surface area contributed by atoms with Crippen LogP contribution in [0, 0.1) is 0 Å². The quantitative estimate of drug-likeness (QED) is 0.840. The summed E-state index contributed by atoms with van der Waals surface area (Å²) in [6.45, 7) is 2.88. The Balaban J connectivity index is 2.06. The highest BCUT2D eigenvalue weighted by atomic mass is 35.5. The van der Waals surface area contributed by atoms with E-state index >= 15 is 0 Å². The number of anilines is 1. The minimum absolute atomic E-state index is 0.132. The molecule has 0 radical (unpaired) electrons. The fourth-order valence-corrected chi connectivity index (χ4v) is 2.30. The number of aryl methyl sites for hydroxylation is 1. The first-order chi connectivity index (χ1) is 10.0. The molecule has 6 heteroatoms. The largest absolute Gasteiger partial charge is 0.456 e. The first-order valence-electron chi connectivity index (χ1n) is 6.58. The van der Waals surface area contributed by atoms with Crippen molar-refractivity contribution in [2.75, 3.05) is 5.73 Å². The van der Waals surface area contributed by atoms with Gasteiger partial charge in [-0.05, 0) is 30.2 Å². The fourth-order valence-electron chi connectivity index (χ4n) is 1.98. The number of ether oxygens (including phenoxy) is 1. The lowest BCUT2D eigenvalue weighted by Crippen LogP contribution is -2.11. The summed E-state index contributed by atoms with van der Waals surface area (Å²) in [6, 6.07) is 6.73. The lowest BCUT2D eigenvalue weighted by atomic mass is 10.2. The highest BCUT2D eigenvalue weighted by Gasteiger charge is 2.14. The van der Waals surface area contributed by atoms with E-state index in [1.54, 1.807) is 35.0 Å². The van der Waals surface area contributed by atoms with E-state index in [2.05, 4.69) is 0 Å². The average Bonchev–Trinajstić information content (AvgIpc) is 2.81. The predicted molar refractivity (Wildman–Crippen MR) is 84.7 cm³/mol. The number of aromatic nitrogens is 1. The summed E-state index contributed by atoms with van der Waals surface area (Å²) in [7, 11) is 0. The zero-order valence-corrected chi connectivity index (χ0v) is 13.1. The molecule has 0 saturated carbocycles. The standard InChI is InChI=1S/C15H16Cl2N2O2/c1-2-5-19-8-11(18)7-14(19)15(20)21-9-10-3-4-12(16)13(17)6-10/h3-4,6-8H,2,5,9,18H2,1H3. The fraction of sp³-hybridized carbons (Fsp3) is 0.267. The molecule has 0 unspecified atom stereocenters. The molecule has 4 nitrogen and oxygen atoms in total. The maximum Gasteiger partial charge on any atom is 0.355 e. The van der Waals surface area contributed by atoms with Crippen LogP contribution in [0.2, 0.25) is 10.0 Å². The Kier molecular flexibility index (Phi) is 5.15. The molecule has 0 amide bonds. The van der Waals surface area contributed by atoms with Crippen LogP contribution in [0.25, 0.3) is 0 Å². The molecule has 2 N–H and O–H groups in total. The smallest absolute Gasteiger partial charge is 0.355 e. The lowest BCUT2D eigenvalue weighted by Gasteiger charge is -2.08. The average molecular weight is 327 g/mol. The normalized spacial score (nSPS) is 10.6. The molecule has 0 saturated heterocycles. The highest BCUT2D eigenvalue weighted by molar-refractivity contribution is 6.42. The van der Waals surface area contributed by atoms with Crippen LogP contribution in [-0.2, 0) is 17.9 Å². The van der Waals surface area contributed by atoms with Crippen LogP contribution in [-0.4, -0.2) is 10.5 Å². The summed E-state index contributed by atoms with van der Waals surface area (Å²) < 4.78 is 7.09. The van der Waals surface area contributed by atoms with E-state index in [0.29, 0.717) is 28.0 Å². The third-order valence-corrected chi connectivity index (χ3v) is 3.68. The van der Waals surface area contributed by atoms with Crippen molar-refractivity contribution in [3.63, 3.8) is 0 Å². The van der Waals surface area contributed by atoms with Crippen LogP contribution in [0.4, 0.5) is 5.69 Å². The molecule has 0 aliphatic heterocycles. The summed E-state index contributed by atoms with van der Waals surface area (Å²) >= 11 is 11.8. The van der Waals surface area contributed by atoms with E-state index in [0.717, 1.165) is 12.0 Å². The second kappa shape index (κ2) is 6.87. The minimum Gasteiger partial charge on any atom is -0.456 e. The van der Waals surface area contributed by atoms with Gasteiger partial charge in [-0.1, -0.05) is 36.2 Å². The van der Waals surface area contributed by atoms with Crippen molar-refractivity contribution in [3.8, 4) is 0 Å². The zero-order valence-electron chi connectivity index (χ0n) is 11.6. The van der Waals surface area contributed by atoms with Gasteiger partial charge in [-0.3, -0.25) is 0 Å². The van der Waals surface area contributed by atoms with Gasteiger partial charge in [-0.25, -0.2) is 4.79 Å². The van der Waals surface area contributed by atoms with Crippen LogP contribution in [0.3, 0.4) is 0 Å². The van der Waals surface area contributed by atoms with Gasteiger partial charge < -0.3 is 15.0 Å². The Hall–Kier alpha value is -1.65. The first-order valence-corrected chi connectivity index (χ1v) is 7.33. The second-order valence-electron chi connectivity index (χ2n) is 4.68. The molecule has 0 spiro atoms. The van der Waals surface area contributed by atoms with Gasteiger partial charge in [0.05, 0.1) is 15.7 Å². The van der Waals surface area contributed by atoms with Crippen LogP contribution in [0.1, 0.15) is 29.4 Å². The molecule has 1 aromatic heterocycles. The number of rotatable bonds is 5. The van der Waals surface area contributed by atoms with Crippen LogP contribution < -0.4 is 5.73 Å².